The van der Waals surface area contributed by atoms with Crippen molar-refractivity contribution >= 4 is 23.2 Å². The Kier molecular flexibility index (Phi) is 5.71. The van der Waals surface area contributed by atoms with E-state index in [-0.39, 0.29) is 24.2 Å². The summed E-state index contributed by atoms with van der Waals surface area (Å²) in [4.78, 5) is 29.3. The molecule has 0 aliphatic carbocycles. The lowest BCUT2D eigenvalue weighted by Gasteiger charge is -2.26. The molecule has 0 spiro atoms. The smallest absolute Gasteiger partial charge is 0.232 e. The molecule has 136 valence electrons. The number of anilines is 2. The van der Waals surface area contributed by atoms with Gasteiger partial charge in [0.15, 0.2) is 0 Å². The van der Waals surface area contributed by atoms with E-state index in [0.29, 0.717) is 13.1 Å². The number of para-hydroxylation sites is 1. The molecule has 4 nitrogen and oxygen atoms in total. The molecule has 2 aromatic carbocycles. The van der Waals surface area contributed by atoms with Crippen LogP contribution in [-0.4, -0.2) is 24.9 Å². The van der Waals surface area contributed by atoms with Crippen molar-refractivity contribution in [3.63, 3.8) is 0 Å². The van der Waals surface area contributed by atoms with Gasteiger partial charge in [-0.15, -0.1) is 0 Å². The van der Waals surface area contributed by atoms with Gasteiger partial charge in [0, 0.05) is 30.9 Å². The fourth-order valence-corrected chi connectivity index (χ4v) is 3.43. The molecule has 4 heteroatoms. The number of carbonyl (C=O) groups excluding carboxylic acids is 2. The van der Waals surface area contributed by atoms with Gasteiger partial charge in [-0.25, -0.2) is 0 Å². The second kappa shape index (κ2) is 8.17. The molecule has 3 rings (SSSR count). The molecule has 1 unspecified atom stereocenters. The Hall–Kier alpha value is -2.62. The van der Waals surface area contributed by atoms with Gasteiger partial charge in [0.25, 0.3) is 0 Å². The summed E-state index contributed by atoms with van der Waals surface area (Å²) in [6.07, 6.45) is 2.25. The van der Waals surface area contributed by atoms with Crippen LogP contribution in [0.25, 0.3) is 0 Å². The van der Waals surface area contributed by atoms with E-state index in [9.17, 15) is 9.59 Å². The van der Waals surface area contributed by atoms with Crippen LogP contribution in [0.2, 0.25) is 0 Å². The van der Waals surface area contributed by atoms with Gasteiger partial charge < -0.3 is 9.80 Å². The Balaban J connectivity index is 1.78. The number of rotatable bonds is 6. The third-order valence-corrected chi connectivity index (χ3v) is 4.86. The Morgan fingerprint density at radius 1 is 1.15 bits per heavy atom. The minimum Gasteiger partial charge on any atom is -0.312 e. The molecule has 2 amide bonds. The van der Waals surface area contributed by atoms with Gasteiger partial charge in [-0.05, 0) is 43.2 Å². The van der Waals surface area contributed by atoms with E-state index in [1.165, 1.54) is 0 Å². The predicted molar refractivity (Wildman–Crippen MR) is 105 cm³/mol. The normalized spacial score (nSPS) is 16.8. The van der Waals surface area contributed by atoms with Crippen molar-refractivity contribution in [1.29, 1.82) is 0 Å². The van der Waals surface area contributed by atoms with E-state index in [4.69, 9.17) is 0 Å². The first kappa shape index (κ1) is 18.2. The summed E-state index contributed by atoms with van der Waals surface area (Å²) in [5.74, 6) is -0.217. The van der Waals surface area contributed by atoms with Gasteiger partial charge in [0.05, 0.1) is 5.92 Å². The third-order valence-electron chi connectivity index (χ3n) is 4.86. The topological polar surface area (TPSA) is 40.6 Å². The molecular weight excluding hydrogens is 324 g/mol. The summed E-state index contributed by atoms with van der Waals surface area (Å²) in [5.41, 5.74) is 2.90. The molecule has 1 aliphatic heterocycles. The number of unbranched alkanes of at least 4 members (excludes halogenated alkanes) is 1. The number of amides is 2. The van der Waals surface area contributed by atoms with Gasteiger partial charge >= 0.3 is 0 Å². The van der Waals surface area contributed by atoms with E-state index >= 15 is 0 Å². The average molecular weight is 350 g/mol. The van der Waals surface area contributed by atoms with E-state index in [2.05, 4.69) is 6.92 Å². The van der Waals surface area contributed by atoms with Crippen molar-refractivity contribution in [3.05, 3.63) is 60.2 Å². The highest BCUT2D eigenvalue weighted by atomic mass is 16.2. The fraction of sp³-hybridized carbons (Fsp3) is 0.364. The van der Waals surface area contributed by atoms with Gasteiger partial charge in [0.2, 0.25) is 11.8 Å². The second-order valence-electron chi connectivity index (χ2n) is 6.92. The molecule has 0 radical (unpaired) electrons. The lowest BCUT2D eigenvalue weighted by Crippen LogP contribution is -2.38. The maximum atomic E-state index is 13.2. The van der Waals surface area contributed by atoms with Crippen molar-refractivity contribution in [2.45, 2.75) is 33.1 Å². The minimum absolute atomic E-state index is 0.0254. The SMILES string of the molecule is CCCCN(C(=O)C1CC(=O)N(c2cccc(C)c2)C1)c1ccccc1. The largest absolute Gasteiger partial charge is 0.312 e. The molecule has 26 heavy (non-hydrogen) atoms. The Labute approximate surface area is 155 Å². The maximum absolute atomic E-state index is 13.2. The minimum atomic E-state index is -0.292. The van der Waals surface area contributed by atoms with E-state index in [1.54, 1.807) is 4.90 Å². The van der Waals surface area contributed by atoms with Crippen LogP contribution in [0.3, 0.4) is 0 Å². The third kappa shape index (κ3) is 3.96. The Morgan fingerprint density at radius 3 is 2.62 bits per heavy atom. The number of hydrogen-bond donors (Lipinski definition) is 0. The molecule has 1 atom stereocenters. The van der Waals surface area contributed by atoms with Crippen LogP contribution in [0.5, 0.6) is 0 Å². The molecule has 1 aliphatic rings. The van der Waals surface area contributed by atoms with Crippen molar-refractivity contribution in [3.8, 4) is 0 Å². The predicted octanol–water partition coefficient (Wildman–Crippen LogP) is 4.18. The van der Waals surface area contributed by atoms with Crippen LogP contribution in [0.4, 0.5) is 11.4 Å². The van der Waals surface area contributed by atoms with E-state index < -0.39 is 0 Å². The van der Waals surface area contributed by atoms with Gasteiger partial charge in [-0.2, -0.15) is 0 Å². The van der Waals surface area contributed by atoms with Crippen LogP contribution in [0.1, 0.15) is 31.7 Å². The lowest BCUT2D eigenvalue weighted by atomic mass is 10.1. The highest BCUT2D eigenvalue weighted by Gasteiger charge is 2.37. The molecule has 0 bridgehead atoms. The highest BCUT2D eigenvalue weighted by Crippen LogP contribution is 2.28. The average Bonchev–Trinajstić information content (AvgIpc) is 3.04. The van der Waals surface area contributed by atoms with Crippen LogP contribution in [0.15, 0.2) is 54.6 Å². The van der Waals surface area contributed by atoms with Crippen molar-refractivity contribution in [1.82, 2.24) is 0 Å². The molecule has 0 aromatic heterocycles. The van der Waals surface area contributed by atoms with Crippen molar-refractivity contribution in [2.75, 3.05) is 22.9 Å². The summed E-state index contributed by atoms with van der Waals surface area (Å²) in [6, 6.07) is 17.6. The van der Waals surface area contributed by atoms with Crippen LogP contribution < -0.4 is 9.80 Å². The summed E-state index contributed by atoms with van der Waals surface area (Å²) >= 11 is 0. The van der Waals surface area contributed by atoms with Crippen LogP contribution >= 0.6 is 0 Å². The zero-order valence-corrected chi connectivity index (χ0v) is 15.5. The number of hydrogen-bond acceptors (Lipinski definition) is 2. The zero-order chi connectivity index (χ0) is 18.5. The van der Waals surface area contributed by atoms with Gasteiger partial charge in [-0.1, -0.05) is 43.7 Å². The highest BCUT2D eigenvalue weighted by molar-refractivity contribution is 6.04. The summed E-state index contributed by atoms with van der Waals surface area (Å²) in [5, 5.41) is 0. The van der Waals surface area contributed by atoms with Crippen LogP contribution in [-0.2, 0) is 9.59 Å². The number of nitrogens with zero attached hydrogens (tertiary/aromatic N) is 2. The first-order chi connectivity index (χ1) is 12.6. The van der Waals surface area contributed by atoms with E-state index in [0.717, 1.165) is 29.8 Å². The standard InChI is InChI=1S/C22H26N2O2/c1-3-4-13-23(19-10-6-5-7-11-19)22(26)18-15-21(25)24(16-18)20-12-8-9-17(2)14-20/h5-12,14,18H,3-4,13,15-16H2,1-2H3. The molecule has 1 heterocycles. The van der Waals surface area contributed by atoms with Crippen molar-refractivity contribution in [2.24, 2.45) is 5.92 Å². The quantitative estimate of drug-likeness (QED) is 0.784. The first-order valence-electron chi connectivity index (χ1n) is 9.33. The van der Waals surface area contributed by atoms with E-state index in [1.807, 2.05) is 66.4 Å². The zero-order valence-electron chi connectivity index (χ0n) is 15.5. The van der Waals surface area contributed by atoms with Gasteiger partial charge in [0.1, 0.15) is 0 Å². The molecule has 1 fully saturated rings. The summed E-state index contributed by atoms with van der Waals surface area (Å²) in [6.45, 7) is 5.27. The van der Waals surface area contributed by atoms with Crippen molar-refractivity contribution < 1.29 is 9.59 Å². The second-order valence-corrected chi connectivity index (χ2v) is 6.92. The lowest BCUT2D eigenvalue weighted by molar-refractivity contribution is -0.124. The molecule has 0 N–H and O–H groups in total. The van der Waals surface area contributed by atoms with Gasteiger partial charge in [-0.3, -0.25) is 9.59 Å². The monoisotopic (exact) mass is 350 g/mol. The molecule has 1 saturated heterocycles. The summed E-state index contributed by atoms with van der Waals surface area (Å²) < 4.78 is 0. The maximum Gasteiger partial charge on any atom is 0.232 e. The fourth-order valence-electron chi connectivity index (χ4n) is 3.43. The number of carbonyl (C=O) groups is 2. The molecular formula is C22H26N2O2. The summed E-state index contributed by atoms with van der Waals surface area (Å²) in [7, 11) is 0. The Morgan fingerprint density at radius 2 is 1.92 bits per heavy atom. The molecule has 0 saturated carbocycles. The first-order valence-corrected chi connectivity index (χ1v) is 9.33. The Bertz CT molecular complexity index is 773. The van der Waals surface area contributed by atoms with Crippen LogP contribution in [0, 0.1) is 12.8 Å². The number of benzene rings is 2. The molecule has 2 aromatic rings. The number of aryl methyl sites for hydroxylation is 1.